The average molecular weight is 1010 g/mol. The SMILES string of the molecule is CC/C=C\C/C=C\C/C=C\C/C=C\C/C=C\CCCCCCCCCCCCCCCC(=O)OCC(COC(=O)CCCCCCC/C=C\C/C=C\CCC)OC(=O)CCCCC/C=C\C/C=C\C/C=C\CC. The molecule has 0 amide bonds. The first-order valence-electron chi connectivity index (χ1n) is 30.0. The summed E-state index contributed by atoms with van der Waals surface area (Å²) in [5.41, 5.74) is 0. The van der Waals surface area contributed by atoms with Crippen molar-refractivity contribution in [3.8, 4) is 0 Å². The molecule has 6 nitrogen and oxygen atoms in total. The van der Waals surface area contributed by atoms with Crippen LogP contribution in [0.1, 0.15) is 265 Å². The molecule has 414 valence electrons. The third kappa shape index (κ3) is 58.6. The third-order valence-electron chi connectivity index (χ3n) is 12.4. The van der Waals surface area contributed by atoms with Crippen molar-refractivity contribution in [3.63, 3.8) is 0 Å². The highest BCUT2D eigenvalue weighted by Gasteiger charge is 2.19. The maximum Gasteiger partial charge on any atom is 0.306 e. The van der Waals surface area contributed by atoms with Crippen molar-refractivity contribution in [3.05, 3.63) is 122 Å². The number of carbonyl (C=O) groups excluding carboxylic acids is 3. The Bertz CT molecular complexity index is 1540. The topological polar surface area (TPSA) is 78.9 Å². The van der Waals surface area contributed by atoms with Crippen LogP contribution in [0.5, 0.6) is 0 Å². The fourth-order valence-electron chi connectivity index (χ4n) is 7.99. The molecular formula is C67H110O6. The van der Waals surface area contributed by atoms with Crippen LogP contribution in [0.3, 0.4) is 0 Å². The van der Waals surface area contributed by atoms with E-state index in [1.807, 2.05) is 0 Å². The van der Waals surface area contributed by atoms with Gasteiger partial charge in [0, 0.05) is 19.3 Å². The van der Waals surface area contributed by atoms with Gasteiger partial charge in [-0.3, -0.25) is 14.4 Å². The molecule has 0 N–H and O–H groups in total. The molecule has 1 unspecified atom stereocenters. The molecule has 0 saturated carbocycles. The summed E-state index contributed by atoms with van der Waals surface area (Å²) >= 11 is 0. The predicted octanol–water partition coefficient (Wildman–Crippen LogP) is 20.4. The quantitative estimate of drug-likeness (QED) is 0.0261. The predicted molar refractivity (Wildman–Crippen MR) is 316 cm³/mol. The molecule has 0 aliphatic heterocycles. The summed E-state index contributed by atoms with van der Waals surface area (Å²) in [4.78, 5) is 38.1. The van der Waals surface area contributed by atoms with Gasteiger partial charge in [0.15, 0.2) is 6.10 Å². The van der Waals surface area contributed by atoms with E-state index in [9.17, 15) is 14.4 Å². The zero-order valence-electron chi connectivity index (χ0n) is 47.4. The van der Waals surface area contributed by atoms with Gasteiger partial charge in [-0.2, -0.15) is 0 Å². The smallest absolute Gasteiger partial charge is 0.306 e. The van der Waals surface area contributed by atoms with Gasteiger partial charge in [-0.05, 0) is 122 Å². The molecule has 6 heteroatoms. The fourth-order valence-corrected chi connectivity index (χ4v) is 7.99. The molecule has 0 heterocycles. The molecule has 0 aliphatic rings. The minimum atomic E-state index is -0.802. The van der Waals surface area contributed by atoms with Crippen molar-refractivity contribution in [1.29, 1.82) is 0 Å². The zero-order chi connectivity index (χ0) is 52.9. The van der Waals surface area contributed by atoms with Crippen LogP contribution < -0.4 is 0 Å². The van der Waals surface area contributed by atoms with Gasteiger partial charge >= 0.3 is 17.9 Å². The van der Waals surface area contributed by atoms with Gasteiger partial charge in [-0.25, -0.2) is 0 Å². The van der Waals surface area contributed by atoms with E-state index in [0.29, 0.717) is 12.8 Å². The number of hydrogen-bond acceptors (Lipinski definition) is 6. The molecule has 0 radical (unpaired) electrons. The van der Waals surface area contributed by atoms with Crippen LogP contribution in [0.15, 0.2) is 122 Å². The molecule has 0 aromatic rings. The minimum absolute atomic E-state index is 0.0967. The minimum Gasteiger partial charge on any atom is -0.462 e. The van der Waals surface area contributed by atoms with E-state index in [1.54, 1.807) is 0 Å². The van der Waals surface area contributed by atoms with E-state index in [1.165, 1.54) is 77.0 Å². The number of ether oxygens (including phenoxy) is 3. The van der Waals surface area contributed by atoms with Crippen molar-refractivity contribution in [2.24, 2.45) is 0 Å². The molecule has 1 atom stereocenters. The second kappa shape index (κ2) is 60.4. The van der Waals surface area contributed by atoms with Crippen molar-refractivity contribution >= 4 is 17.9 Å². The monoisotopic (exact) mass is 1010 g/mol. The van der Waals surface area contributed by atoms with Crippen molar-refractivity contribution in [2.75, 3.05) is 13.2 Å². The first-order valence-corrected chi connectivity index (χ1v) is 30.0. The van der Waals surface area contributed by atoms with Crippen LogP contribution >= 0.6 is 0 Å². The highest BCUT2D eigenvalue weighted by Crippen LogP contribution is 2.15. The van der Waals surface area contributed by atoms with Crippen molar-refractivity contribution < 1.29 is 28.6 Å². The third-order valence-corrected chi connectivity index (χ3v) is 12.4. The van der Waals surface area contributed by atoms with E-state index < -0.39 is 6.10 Å². The summed E-state index contributed by atoms with van der Waals surface area (Å²) in [5, 5.41) is 0. The van der Waals surface area contributed by atoms with Gasteiger partial charge in [-0.1, -0.05) is 245 Å². The summed E-state index contributed by atoms with van der Waals surface area (Å²) in [5.74, 6) is -0.943. The Hall–Kier alpha value is -4.19. The van der Waals surface area contributed by atoms with E-state index in [0.717, 1.165) is 148 Å². The molecule has 0 aromatic carbocycles. The maximum absolute atomic E-state index is 12.8. The van der Waals surface area contributed by atoms with Crippen LogP contribution in [-0.4, -0.2) is 37.2 Å². The van der Waals surface area contributed by atoms with E-state index in [4.69, 9.17) is 14.2 Å². The summed E-state index contributed by atoms with van der Waals surface area (Å²) in [6.45, 7) is 6.31. The Morgan fingerprint density at radius 2 is 0.534 bits per heavy atom. The number of allylic oxidation sites excluding steroid dienone is 20. The molecule has 0 saturated heterocycles. The highest BCUT2D eigenvalue weighted by molar-refractivity contribution is 5.71. The molecule has 73 heavy (non-hydrogen) atoms. The molecule has 0 aliphatic carbocycles. The first-order chi connectivity index (χ1) is 36.0. The Morgan fingerprint density at radius 3 is 0.849 bits per heavy atom. The van der Waals surface area contributed by atoms with Gasteiger partial charge < -0.3 is 14.2 Å². The zero-order valence-corrected chi connectivity index (χ0v) is 47.4. The number of esters is 3. The lowest BCUT2D eigenvalue weighted by Crippen LogP contribution is -2.30. The first kappa shape index (κ1) is 68.8. The van der Waals surface area contributed by atoms with Gasteiger partial charge in [0.2, 0.25) is 0 Å². The number of unbranched alkanes of at least 4 members (excludes halogenated alkanes) is 22. The van der Waals surface area contributed by atoms with E-state index in [-0.39, 0.29) is 37.5 Å². The lowest BCUT2D eigenvalue weighted by atomic mass is 10.0. The van der Waals surface area contributed by atoms with Crippen LogP contribution in [0.2, 0.25) is 0 Å². The molecule has 0 aromatic heterocycles. The van der Waals surface area contributed by atoms with Gasteiger partial charge in [0.25, 0.3) is 0 Å². The molecule has 0 rings (SSSR count). The number of hydrogen-bond donors (Lipinski definition) is 0. The number of rotatable bonds is 53. The summed E-state index contributed by atoms with van der Waals surface area (Å²) in [6.07, 6.45) is 83.5. The molecular weight excluding hydrogens is 901 g/mol. The standard InChI is InChI=1S/C67H110O6/c1-4-7-10-13-16-19-22-25-26-27-28-29-30-31-32-33-34-35-36-37-38-39-40-43-45-48-51-54-57-60-66(69)72-63-64(73-67(70)61-58-55-52-49-46-42-24-21-18-15-12-9-6-3)62-71-65(68)59-56-53-50-47-44-41-23-20-17-14-11-8-5-2/h7,9-12,14,16,18-21,23,25-26,28-29,31-32,42,46,64H,4-6,8,13,15,17,22,24,27,30,33-41,43-45,47-63H2,1-3H3/b10-7-,12-9-,14-11-,19-16-,21-18-,23-20-,26-25-,29-28-,32-31-,46-42-. The van der Waals surface area contributed by atoms with Gasteiger partial charge in [0.1, 0.15) is 13.2 Å². The van der Waals surface area contributed by atoms with Crippen molar-refractivity contribution in [1.82, 2.24) is 0 Å². The lowest BCUT2D eigenvalue weighted by molar-refractivity contribution is -0.167. The van der Waals surface area contributed by atoms with E-state index in [2.05, 4.69) is 142 Å². The average Bonchev–Trinajstić information content (AvgIpc) is 3.39. The second-order valence-corrected chi connectivity index (χ2v) is 19.5. The summed E-state index contributed by atoms with van der Waals surface area (Å²) in [7, 11) is 0. The van der Waals surface area contributed by atoms with Crippen LogP contribution in [0, 0.1) is 0 Å². The maximum atomic E-state index is 12.8. The van der Waals surface area contributed by atoms with Crippen molar-refractivity contribution in [2.45, 2.75) is 271 Å². The van der Waals surface area contributed by atoms with Gasteiger partial charge in [-0.15, -0.1) is 0 Å². The largest absolute Gasteiger partial charge is 0.462 e. The van der Waals surface area contributed by atoms with Gasteiger partial charge in [0.05, 0.1) is 0 Å². The molecule has 0 spiro atoms. The Morgan fingerprint density at radius 1 is 0.288 bits per heavy atom. The van der Waals surface area contributed by atoms with Crippen LogP contribution in [-0.2, 0) is 28.6 Å². The second-order valence-electron chi connectivity index (χ2n) is 19.5. The Kier molecular flexibility index (Phi) is 56.9. The summed E-state index contributed by atoms with van der Waals surface area (Å²) in [6, 6.07) is 0. The van der Waals surface area contributed by atoms with Crippen LogP contribution in [0.4, 0.5) is 0 Å². The summed E-state index contributed by atoms with van der Waals surface area (Å²) < 4.78 is 16.8. The number of carbonyl (C=O) groups is 3. The molecule has 0 fully saturated rings. The van der Waals surface area contributed by atoms with E-state index >= 15 is 0 Å². The van der Waals surface area contributed by atoms with Crippen LogP contribution in [0.25, 0.3) is 0 Å². The normalized spacial score (nSPS) is 13.0. The fraction of sp³-hybridized carbons (Fsp3) is 0.657. The Labute approximate surface area is 450 Å². The lowest BCUT2D eigenvalue weighted by Gasteiger charge is -2.18. The molecule has 0 bridgehead atoms. The Balaban J connectivity index is 4.25. The highest BCUT2D eigenvalue weighted by atomic mass is 16.6.